The van der Waals surface area contributed by atoms with Crippen molar-refractivity contribution in [2.45, 2.75) is 18.9 Å². The number of fused-ring (bicyclic) bond motifs is 1. The van der Waals surface area contributed by atoms with Crippen molar-refractivity contribution in [3.63, 3.8) is 0 Å². The lowest BCUT2D eigenvalue weighted by Crippen LogP contribution is -2.35. The summed E-state index contributed by atoms with van der Waals surface area (Å²) in [5, 5.41) is 0. The van der Waals surface area contributed by atoms with Gasteiger partial charge in [-0.2, -0.15) is 4.98 Å². The summed E-state index contributed by atoms with van der Waals surface area (Å²) in [5.41, 5.74) is 18.4. The molecule has 9 nitrogen and oxygen atoms in total. The number of aldehydes is 1. The van der Waals surface area contributed by atoms with Gasteiger partial charge in [-0.15, -0.1) is 0 Å². The van der Waals surface area contributed by atoms with Crippen LogP contribution in [-0.4, -0.2) is 46.9 Å². The van der Waals surface area contributed by atoms with E-state index in [0.717, 1.165) is 40.7 Å². The molecule has 2 aromatic carbocycles. The molecular formula is C30H30N6O3. The molecule has 4 aromatic rings. The minimum absolute atomic E-state index is 0.119. The topological polar surface area (TPSA) is 129 Å². The summed E-state index contributed by atoms with van der Waals surface area (Å²) in [7, 11) is 3.18. The number of benzene rings is 2. The van der Waals surface area contributed by atoms with Crippen molar-refractivity contribution in [3.05, 3.63) is 107 Å². The molecule has 0 saturated carbocycles. The SMILES string of the molecule is COc1cc(Cc2cnc(N)nc2N)cc(C(=CC=O)N2CCc3ccccc3C2c2ccncc2)c1OC. The summed E-state index contributed by atoms with van der Waals surface area (Å²) in [6.07, 6.45) is 8.86. The summed E-state index contributed by atoms with van der Waals surface area (Å²) in [4.78, 5) is 26.7. The molecule has 0 fully saturated rings. The molecular weight excluding hydrogens is 492 g/mol. The van der Waals surface area contributed by atoms with E-state index in [1.165, 1.54) is 11.1 Å². The Kier molecular flexibility index (Phi) is 7.40. The van der Waals surface area contributed by atoms with E-state index in [1.807, 2.05) is 30.3 Å². The van der Waals surface area contributed by atoms with E-state index < -0.39 is 0 Å². The number of ether oxygens (including phenoxy) is 2. The summed E-state index contributed by atoms with van der Waals surface area (Å²) < 4.78 is 11.6. The molecule has 0 aliphatic carbocycles. The van der Waals surface area contributed by atoms with Crippen LogP contribution in [0.4, 0.5) is 11.8 Å². The Labute approximate surface area is 227 Å². The number of anilines is 2. The van der Waals surface area contributed by atoms with Crippen LogP contribution in [-0.2, 0) is 17.6 Å². The number of nitrogens with two attached hydrogens (primary N) is 2. The number of methoxy groups -OCH3 is 2. The number of carbonyl (C=O) groups excluding carboxylic acids is 1. The van der Waals surface area contributed by atoms with Gasteiger partial charge in [0.15, 0.2) is 11.5 Å². The molecule has 1 unspecified atom stereocenters. The molecule has 198 valence electrons. The summed E-state index contributed by atoms with van der Waals surface area (Å²) >= 11 is 0. The number of pyridine rings is 1. The second-order valence-corrected chi connectivity index (χ2v) is 9.21. The van der Waals surface area contributed by atoms with Gasteiger partial charge in [0.25, 0.3) is 0 Å². The Bertz CT molecular complexity index is 1520. The van der Waals surface area contributed by atoms with E-state index in [1.54, 1.807) is 38.9 Å². The van der Waals surface area contributed by atoms with Crippen molar-refractivity contribution >= 4 is 23.7 Å². The van der Waals surface area contributed by atoms with E-state index in [0.29, 0.717) is 30.3 Å². The minimum Gasteiger partial charge on any atom is -0.493 e. The Hall–Kier alpha value is -4.92. The lowest BCUT2D eigenvalue weighted by molar-refractivity contribution is -0.104. The van der Waals surface area contributed by atoms with Gasteiger partial charge in [-0.3, -0.25) is 9.78 Å². The van der Waals surface area contributed by atoms with Crippen LogP contribution in [0.2, 0.25) is 0 Å². The van der Waals surface area contributed by atoms with Crippen LogP contribution >= 0.6 is 0 Å². The first kappa shape index (κ1) is 25.7. The molecule has 0 amide bonds. The smallest absolute Gasteiger partial charge is 0.221 e. The van der Waals surface area contributed by atoms with E-state index >= 15 is 0 Å². The maximum absolute atomic E-state index is 12.1. The molecule has 2 aromatic heterocycles. The zero-order valence-corrected chi connectivity index (χ0v) is 21.9. The largest absolute Gasteiger partial charge is 0.493 e. The molecule has 3 heterocycles. The average Bonchev–Trinajstić information content (AvgIpc) is 2.96. The van der Waals surface area contributed by atoms with Crippen molar-refractivity contribution in [3.8, 4) is 11.5 Å². The fourth-order valence-electron chi connectivity index (χ4n) is 5.24. The Balaban J connectivity index is 1.66. The van der Waals surface area contributed by atoms with Gasteiger partial charge in [-0.25, -0.2) is 4.98 Å². The van der Waals surface area contributed by atoms with Gasteiger partial charge in [-0.05, 0) is 52.9 Å². The number of hydrogen-bond acceptors (Lipinski definition) is 9. The highest BCUT2D eigenvalue weighted by molar-refractivity contribution is 5.84. The van der Waals surface area contributed by atoms with Crippen molar-refractivity contribution in [1.82, 2.24) is 19.9 Å². The van der Waals surface area contributed by atoms with Crippen LogP contribution in [0.25, 0.3) is 5.70 Å². The number of hydrogen-bond donors (Lipinski definition) is 2. The van der Waals surface area contributed by atoms with E-state index in [2.05, 4.69) is 38.1 Å². The maximum atomic E-state index is 12.1. The number of aromatic nitrogens is 3. The van der Waals surface area contributed by atoms with Crippen LogP contribution in [0, 0.1) is 0 Å². The highest BCUT2D eigenvalue weighted by Crippen LogP contribution is 2.44. The average molecular weight is 523 g/mol. The number of nitrogen functional groups attached to an aromatic ring is 2. The van der Waals surface area contributed by atoms with Gasteiger partial charge in [-0.1, -0.05) is 24.3 Å². The number of rotatable bonds is 8. The maximum Gasteiger partial charge on any atom is 0.221 e. The van der Waals surface area contributed by atoms with Gasteiger partial charge in [0, 0.05) is 48.8 Å². The van der Waals surface area contributed by atoms with Gasteiger partial charge in [0.1, 0.15) is 12.1 Å². The number of nitrogens with zero attached hydrogens (tertiary/aromatic N) is 4. The molecule has 1 aliphatic rings. The molecule has 39 heavy (non-hydrogen) atoms. The highest BCUT2D eigenvalue weighted by atomic mass is 16.5. The lowest BCUT2D eigenvalue weighted by Gasteiger charge is -2.41. The molecule has 0 spiro atoms. The molecule has 1 atom stereocenters. The van der Waals surface area contributed by atoms with Crippen LogP contribution in [0.1, 0.15) is 39.4 Å². The second-order valence-electron chi connectivity index (χ2n) is 9.21. The fraction of sp³-hybridized carbons (Fsp3) is 0.200. The molecule has 4 N–H and O–H groups in total. The van der Waals surface area contributed by atoms with Crippen LogP contribution < -0.4 is 20.9 Å². The van der Waals surface area contributed by atoms with E-state index in [9.17, 15) is 4.79 Å². The third kappa shape index (κ3) is 5.11. The predicted octanol–water partition coefficient (Wildman–Crippen LogP) is 3.83. The van der Waals surface area contributed by atoms with Crippen molar-refractivity contribution in [2.24, 2.45) is 0 Å². The molecule has 1 aliphatic heterocycles. The number of allylic oxidation sites excluding steroid dienone is 1. The number of carbonyl (C=O) groups is 1. The highest BCUT2D eigenvalue weighted by Gasteiger charge is 2.32. The normalized spacial score (nSPS) is 15.0. The fourth-order valence-corrected chi connectivity index (χ4v) is 5.24. The molecule has 0 saturated heterocycles. The van der Waals surface area contributed by atoms with Crippen molar-refractivity contribution in [2.75, 3.05) is 32.2 Å². The molecule has 0 bridgehead atoms. The first-order chi connectivity index (χ1) is 19.0. The Morgan fingerprint density at radius 1 is 1.10 bits per heavy atom. The third-order valence-electron chi connectivity index (χ3n) is 6.97. The summed E-state index contributed by atoms with van der Waals surface area (Å²) in [5.74, 6) is 1.50. The quantitative estimate of drug-likeness (QED) is 0.262. The Morgan fingerprint density at radius 3 is 2.62 bits per heavy atom. The van der Waals surface area contributed by atoms with Crippen molar-refractivity contribution < 1.29 is 14.3 Å². The van der Waals surface area contributed by atoms with Crippen LogP contribution in [0.3, 0.4) is 0 Å². The Morgan fingerprint density at radius 2 is 1.90 bits per heavy atom. The monoisotopic (exact) mass is 522 g/mol. The zero-order chi connectivity index (χ0) is 27.4. The first-order valence-electron chi connectivity index (χ1n) is 12.6. The van der Waals surface area contributed by atoms with Crippen LogP contribution in [0.15, 0.2) is 73.2 Å². The molecule has 0 radical (unpaired) electrons. The van der Waals surface area contributed by atoms with Gasteiger partial charge < -0.3 is 25.8 Å². The molecule has 9 heteroatoms. The van der Waals surface area contributed by atoms with Gasteiger partial charge in [0.05, 0.1) is 26.0 Å². The standard InChI is InChI=1S/C30H30N6O3/c1-38-26-17-19(15-22-18-34-30(32)35-29(22)31)16-24(28(26)39-2)25(10-14-37)36-13-9-20-5-3-4-6-23(20)27(36)21-7-11-33-12-8-21/h3-8,10-12,14,16-18,27H,9,13,15H2,1-2H3,(H4,31,32,34,35). The van der Waals surface area contributed by atoms with E-state index in [-0.39, 0.29) is 12.0 Å². The first-order valence-corrected chi connectivity index (χ1v) is 12.6. The zero-order valence-electron chi connectivity index (χ0n) is 21.9. The minimum atomic E-state index is -0.135. The van der Waals surface area contributed by atoms with E-state index in [4.69, 9.17) is 20.9 Å². The molecule has 5 rings (SSSR count). The summed E-state index contributed by atoms with van der Waals surface area (Å²) in [6.45, 7) is 0.693. The van der Waals surface area contributed by atoms with Gasteiger partial charge >= 0.3 is 0 Å². The lowest BCUT2D eigenvalue weighted by atomic mass is 9.87. The van der Waals surface area contributed by atoms with Crippen molar-refractivity contribution in [1.29, 1.82) is 0 Å². The summed E-state index contributed by atoms with van der Waals surface area (Å²) in [6, 6.07) is 16.2. The van der Waals surface area contributed by atoms with Crippen LogP contribution in [0.5, 0.6) is 11.5 Å². The third-order valence-corrected chi connectivity index (χ3v) is 6.97. The van der Waals surface area contributed by atoms with Gasteiger partial charge in [0.2, 0.25) is 5.95 Å². The second kappa shape index (κ2) is 11.2. The predicted molar refractivity (Wildman–Crippen MR) is 150 cm³/mol.